The number of rotatable bonds is 1. The quantitative estimate of drug-likeness (QED) is 0.790. The van der Waals surface area contributed by atoms with Gasteiger partial charge >= 0.3 is 0 Å². The third-order valence-corrected chi connectivity index (χ3v) is 4.08. The Bertz CT molecular complexity index is 533. The van der Waals surface area contributed by atoms with Gasteiger partial charge in [-0.25, -0.2) is 0 Å². The molecule has 0 bridgehead atoms. The fourth-order valence-corrected chi connectivity index (χ4v) is 2.89. The fraction of sp³-hybridized carbons (Fsp3) is 0.357. The van der Waals surface area contributed by atoms with E-state index in [4.69, 9.17) is 0 Å². The number of anilines is 1. The van der Waals surface area contributed by atoms with E-state index in [9.17, 15) is 0 Å². The molecule has 0 atom stereocenters. The molecule has 0 aliphatic carbocycles. The van der Waals surface area contributed by atoms with Crippen molar-refractivity contribution in [3.05, 3.63) is 34.9 Å². The number of benzene rings is 1. The predicted molar refractivity (Wildman–Crippen MR) is 75.5 cm³/mol. The Morgan fingerprint density at radius 3 is 2.71 bits per heavy atom. The maximum absolute atomic E-state index is 4.38. The van der Waals surface area contributed by atoms with Crippen LogP contribution in [0.3, 0.4) is 0 Å². The number of hydrogen-bond donors (Lipinski definition) is 0. The van der Waals surface area contributed by atoms with Crippen molar-refractivity contribution in [2.75, 3.05) is 18.0 Å². The third kappa shape index (κ3) is 2.16. The molecule has 2 heterocycles. The highest BCUT2D eigenvalue weighted by Gasteiger charge is 2.11. The molecule has 2 aromatic rings. The second-order valence-corrected chi connectivity index (χ2v) is 5.40. The van der Waals surface area contributed by atoms with Crippen LogP contribution in [0.5, 0.6) is 0 Å². The summed E-state index contributed by atoms with van der Waals surface area (Å²) >= 11 is 3.60. The minimum Gasteiger partial charge on any atom is -0.372 e. The van der Waals surface area contributed by atoms with Gasteiger partial charge in [0.25, 0.3) is 0 Å². The van der Waals surface area contributed by atoms with Crippen LogP contribution in [0.2, 0.25) is 0 Å². The molecule has 3 heteroatoms. The third-order valence-electron chi connectivity index (χ3n) is 3.39. The highest BCUT2D eigenvalue weighted by Crippen LogP contribution is 2.28. The van der Waals surface area contributed by atoms with Crippen molar-refractivity contribution in [3.63, 3.8) is 0 Å². The Hall–Kier alpha value is -1.09. The lowest BCUT2D eigenvalue weighted by Crippen LogP contribution is -2.29. The summed E-state index contributed by atoms with van der Waals surface area (Å²) in [6.07, 6.45) is 5.83. The van der Waals surface area contributed by atoms with Gasteiger partial charge in [-0.2, -0.15) is 0 Å². The summed E-state index contributed by atoms with van der Waals surface area (Å²) in [5, 5.41) is 1.20. The zero-order chi connectivity index (χ0) is 11.7. The zero-order valence-electron chi connectivity index (χ0n) is 9.69. The van der Waals surface area contributed by atoms with E-state index in [1.807, 2.05) is 12.3 Å². The molecule has 1 aliphatic rings. The SMILES string of the molecule is Brc1ccnc2ccc(N3CCCCC3)cc12. The molecule has 1 saturated heterocycles. The Morgan fingerprint density at radius 1 is 1.06 bits per heavy atom. The lowest BCUT2D eigenvalue weighted by molar-refractivity contribution is 0.578. The van der Waals surface area contributed by atoms with Gasteiger partial charge in [-0.05, 0) is 43.5 Å². The van der Waals surface area contributed by atoms with Crippen LogP contribution in [0.25, 0.3) is 10.9 Å². The first-order valence-corrected chi connectivity index (χ1v) is 6.93. The molecular weight excluding hydrogens is 276 g/mol. The van der Waals surface area contributed by atoms with E-state index in [0.717, 1.165) is 9.99 Å². The number of piperidine rings is 1. The highest BCUT2D eigenvalue weighted by atomic mass is 79.9. The molecule has 0 spiro atoms. The number of hydrogen-bond acceptors (Lipinski definition) is 2. The summed E-state index contributed by atoms with van der Waals surface area (Å²) in [6, 6.07) is 8.55. The zero-order valence-corrected chi connectivity index (χ0v) is 11.3. The number of aromatic nitrogens is 1. The van der Waals surface area contributed by atoms with Gasteiger partial charge in [-0.3, -0.25) is 4.98 Å². The summed E-state index contributed by atoms with van der Waals surface area (Å²) < 4.78 is 1.13. The van der Waals surface area contributed by atoms with Crippen LogP contribution in [-0.2, 0) is 0 Å². The Balaban J connectivity index is 2.03. The van der Waals surface area contributed by atoms with Crippen LogP contribution in [0.4, 0.5) is 5.69 Å². The van der Waals surface area contributed by atoms with E-state index >= 15 is 0 Å². The lowest BCUT2D eigenvalue weighted by Gasteiger charge is -2.29. The van der Waals surface area contributed by atoms with Gasteiger partial charge in [0, 0.05) is 34.8 Å². The molecule has 2 nitrogen and oxygen atoms in total. The number of pyridine rings is 1. The van der Waals surface area contributed by atoms with Crippen molar-refractivity contribution < 1.29 is 0 Å². The largest absolute Gasteiger partial charge is 0.372 e. The summed E-state index contributed by atoms with van der Waals surface area (Å²) in [4.78, 5) is 6.85. The van der Waals surface area contributed by atoms with E-state index in [0.29, 0.717) is 0 Å². The van der Waals surface area contributed by atoms with Crippen molar-refractivity contribution in [1.82, 2.24) is 4.98 Å². The Morgan fingerprint density at radius 2 is 1.88 bits per heavy atom. The van der Waals surface area contributed by atoms with Crippen molar-refractivity contribution >= 4 is 32.5 Å². The second-order valence-electron chi connectivity index (χ2n) is 4.54. The fourth-order valence-electron chi connectivity index (χ4n) is 2.45. The average Bonchev–Trinajstić information content (AvgIpc) is 2.40. The van der Waals surface area contributed by atoms with Crippen molar-refractivity contribution in [2.45, 2.75) is 19.3 Å². The first-order valence-electron chi connectivity index (χ1n) is 6.14. The number of fused-ring (bicyclic) bond motifs is 1. The minimum atomic E-state index is 1.06. The van der Waals surface area contributed by atoms with Crippen LogP contribution < -0.4 is 4.90 Å². The van der Waals surface area contributed by atoms with Gasteiger partial charge in [-0.15, -0.1) is 0 Å². The predicted octanol–water partition coefficient (Wildman–Crippen LogP) is 3.99. The molecule has 0 N–H and O–H groups in total. The van der Waals surface area contributed by atoms with Crippen LogP contribution in [0, 0.1) is 0 Å². The van der Waals surface area contributed by atoms with Gasteiger partial charge in [0.1, 0.15) is 0 Å². The minimum absolute atomic E-state index is 1.06. The van der Waals surface area contributed by atoms with E-state index in [1.54, 1.807) is 0 Å². The molecule has 0 radical (unpaired) electrons. The van der Waals surface area contributed by atoms with E-state index in [2.05, 4.69) is 44.0 Å². The number of halogens is 1. The lowest BCUT2D eigenvalue weighted by atomic mass is 10.1. The molecule has 0 amide bonds. The molecule has 88 valence electrons. The summed E-state index contributed by atoms with van der Waals surface area (Å²) in [7, 11) is 0. The van der Waals surface area contributed by atoms with Crippen molar-refractivity contribution in [1.29, 1.82) is 0 Å². The van der Waals surface area contributed by atoms with Crippen molar-refractivity contribution in [3.8, 4) is 0 Å². The molecule has 17 heavy (non-hydrogen) atoms. The normalized spacial score (nSPS) is 16.4. The average molecular weight is 291 g/mol. The van der Waals surface area contributed by atoms with Gasteiger partial charge < -0.3 is 4.90 Å². The smallest absolute Gasteiger partial charge is 0.0714 e. The molecule has 1 aliphatic heterocycles. The Labute approximate surface area is 110 Å². The molecular formula is C14H15BrN2. The summed E-state index contributed by atoms with van der Waals surface area (Å²) in [6.45, 7) is 2.37. The summed E-state index contributed by atoms with van der Waals surface area (Å²) in [5.41, 5.74) is 2.38. The summed E-state index contributed by atoms with van der Waals surface area (Å²) in [5.74, 6) is 0. The highest BCUT2D eigenvalue weighted by molar-refractivity contribution is 9.10. The molecule has 0 saturated carbocycles. The molecule has 0 unspecified atom stereocenters. The monoisotopic (exact) mass is 290 g/mol. The van der Waals surface area contributed by atoms with Crippen LogP contribution in [0.1, 0.15) is 19.3 Å². The standard InChI is InChI=1S/C14H15BrN2/c15-13-6-7-16-14-5-4-11(10-12(13)14)17-8-2-1-3-9-17/h4-7,10H,1-3,8-9H2. The van der Waals surface area contributed by atoms with Gasteiger partial charge in [0.15, 0.2) is 0 Å². The maximum Gasteiger partial charge on any atom is 0.0714 e. The molecule has 3 rings (SSSR count). The van der Waals surface area contributed by atoms with E-state index in [-0.39, 0.29) is 0 Å². The van der Waals surface area contributed by atoms with Gasteiger partial charge in [0.2, 0.25) is 0 Å². The molecule has 1 aromatic heterocycles. The molecule has 1 fully saturated rings. The van der Waals surface area contributed by atoms with Crippen LogP contribution >= 0.6 is 15.9 Å². The topological polar surface area (TPSA) is 16.1 Å². The molecule has 1 aromatic carbocycles. The maximum atomic E-state index is 4.38. The number of nitrogens with zero attached hydrogens (tertiary/aromatic N) is 2. The van der Waals surface area contributed by atoms with Gasteiger partial charge in [0.05, 0.1) is 5.52 Å². The Kier molecular flexibility index (Phi) is 3.02. The van der Waals surface area contributed by atoms with Crippen molar-refractivity contribution in [2.24, 2.45) is 0 Å². The van der Waals surface area contributed by atoms with E-state index < -0.39 is 0 Å². The van der Waals surface area contributed by atoms with E-state index in [1.165, 1.54) is 43.4 Å². The second kappa shape index (κ2) is 4.65. The van der Waals surface area contributed by atoms with Crippen LogP contribution in [0.15, 0.2) is 34.9 Å². The first-order chi connectivity index (χ1) is 8.34. The van der Waals surface area contributed by atoms with Crippen LogP contribution in [-0.4, -0.2) is 18.1 Å². The first kappa shape index (κ1) is 11.0. The van der Waals surface area contributed by atoms with Gasteiger partial charge in [-0.1, -0.05) is 15.9 Å².